The number of carbonyl (C=O) groups is 4. The molecule has 0 aromatic heterocycles. The average Bonchev–Trinajstić information content (AvgIpc) is 3.73. The first-order chi connectivity index (χ1) is 29.7. The first-order valence-electron chi connectivity index (χ1n) is 19.7. The molecule has 7 atom stereocenters. The van der Waals surface area contributed by atoms with E-state index >= 15 is 0 Å². The van der Waals surface area contributed by atoms with Gasteiger partial charge in [0.15, 0.2) is 23.0 Å². The smallest absolute Gasteiger partial charge is 0.471 e. The molecule has 0 spiro atoms. The Kier molecular flexibility index (Phi) is 11.5. The Hall–Kier alpha value is -6.03. The summed E-state index contributed by atoms with van der Waals surface area (Å²) in [5.74, 6) is -4.24. The lowest BCUT2D eigenvalue weighted by Gasteiger charge is -2.62. The van der Waals surface area contributed by atoms with Gasteiger partial charge in [-0.1, -0.05) is 42.5 Å². The van der Waals surface area contributed by atoms with Crippen molar-refractivity contribution in [2.75, 3.05) is 32.8 Å². The number of rotatable bonds is 8. The van der Waals surface area contributed by atoms with Crippen LogP contribution in [0.2, 0.25) is 0 Å². The van der Waals surface area contributed by atoms with E-state index in [2.05, 4.69) is 17.5 Å². The van der Waals surface area contributed by atoms with Crippen LogP contribution in [0.5, 0.6) is 28.7 Å². The number of hydrogen-bond donors (Lipinski definition) is 1. The summed E-state index contributed by atoms with van der Waals surface area (Å²) in [6, 6.07) is 7.69. The fraction of sp³-hybridized carbons (Fsp3) is 0.386. The lowest BCUT2D eigenvalue weighted by Crippen LogP contribution is -2.70. The minimum Gasteiger partial charge on any atom is -0.493 e. The van der Waals surface area contributed by atoms with Gasteiger partial charge in [-0.25, -0.2) is 9.59 Å². The van der Waals surface area contributed by atoms with Crippen molar-refractivity contribution in [3.63, 3.8) is 0 Å². The number of nitrogens with zero attached hydrogens (tertiary/aromatic N) is 3. The van der Waals surface area contributed by atoms with Crippen LogP contribution in [0.3, 0.4) is 0 Å². The molecule has 1 amide bonds. The summed E-state index contributed by atoms with van der Waals surface area (Å²) in [7, 11) is 1.45. The monoisotopic (exact) mass is 874 g/mol. The molecule has 3 aromatic rings. The Labute approximate surface area is 358 Å². The molecule has 14 nitrogen and oxygen atoms in total. The minimum absolute atomic E-state index is 0.0998. The van der Waals surface area contributed by atoms with Gasteiger partial charge in [0.05, 0.1) is 30.5 Å². The first-order valence-corrected chi connectivity index (χ1v) is 20.7. The largest absolute Gasteiger partial charge is 0.493 e. The summed E-state index contributed by atoms with van der Waals surface area (Å²) in [6.45, 7) is 8.26. The fourth-order valence-corrected chi connectivity index (χ4v) is 11.0. The molecule has 18 heteroatoms. The number of halogens is 3. The Morgan fingerprint density at radius 1 is 1.05 bits per heavy atom. The van der Waals surface area contributed by atoms with Crippen LogP contribution in [0.25, 0.3) is 6.08 Å². The number of piperazine rings is 1. The van der Waals surface area contributed by atoms with Crippen LogP contribution in [-0.2, 0) is 30.3 Å². The van der Waals surface area contributed by atoms with Gasteiger partial charge < -0.3 is 33.7 Å². The van der Waals surface area contributed by atoms with Crippen molar-refractivity contribution in [1.82, 2.24) is 15.1 Å². The van der Waals surface area contributed by atoms with E-state index in [-0.39, 0.29) is 42.1 Å². The van der Waals surface area contributed by atoms with E-state index in [4.69, 9.17) is 28.4 Å². The van der Waals surface area contributed by atoms with Crippen molar-refractivity contribution in [3.05, 3.63) is 94.1 Å². The van der Waals surface area contributed by atoms with Gasteiger partial charge in [0.2, 0.25) is 6.79 Å². The van der Waals surface area contributed by atoms with Crippen LogP contribution >= 0.6 is 11.8 Å². The number of nitrogens with one attached hydrogen (secondary N) is 1. The Morgan fingerprint density at radius 3 is 2.47 bits per heavy atom. The van der Waals surface area contributed by atoms with E-state index in [9.17, 15) is 37.6 Å². The van der Waals surface area contributed by atoms with Gasteiger partial charge in [-0.05, 0) is 43.0 Å². The predicted molar refractivity (Wildman–Crippen MR) is 217 cm³/mol. The van der Waals surface area contributed by atoms with Crippen molar-refractivity contribution in [1.29, 1.82) is 5.26 Å². The molecule has 8 rings (SSSR count). The normalized spacial score (nSPS) is 25.1. The third-order valence-electron chi connectivity index (χ3n) is 11.8. The highest BCUT2D eigenvalue weighted by molar-refractivity contribution is 7.99. The number of carbonyl (C=O) groups excluding carboxylic acids is 4. The van der Waals surface area contributed by atoms with Crippen LogP contribution < -0.4 is 29.0 Å². The number of cyclic esters (lactones) is 1. The highest BCUT2D eigenvalue weighted by Crippen LogP contribution is 2.64. The zero-order valence-corrected chi connectivity index (χ0v) is 34.8. The summed E-state index contributed by atoms with van der Waals surface area (Å²) < 4.78 is 77.0. The lowest BCUT2D eigenvalue weighted by molar-refractivity contribution is -0.176. The number of benzene rings is 3. The van der Waals surface area contributed by atoms with E-state index in [1.54, 1.807) is 24.4 Å². The zero-order chi connectivity index (χ0) is 44.2. The second-order valence-electron chi connectivity index (χ2n) is 15.4. The highest BCUT2D eigenvalue weighted by atomic mass is 32.2. The maximum absolute atomic E-state index is 13.8. The summed E-state index contributed by atoms with van der Waals surface area (Å²) in [5, 5.41) is 12.1. The lowest BCUT2D eigenvalue weighted by atomic mass is 9.71. The van der Waals surface area contributed by atoms with Crippen molar-refractivity contribution < 1.29 is 60.8 Å². The molecule has 0 aliphatic carbocycles. The minimum atomic E-state index is -5.31. The third-order valence-corrected chi connectivity index (χ3v) is 13.2. The van der Waals surface area contributed by atoms with E-state index in [0.29, 0.717) is 34.2 Å². The molecular weight excluding hydrogens is 834 g/mol. The van der Waals surface area contributed by atoms with Gasteiger partial charge in [-0.2, -0.15) is 18.4 Å². The number of ether oxygens (including phenoxy) is 6. The maximum Gasteiger partial charge on any atom is 0.471 e. The summed E-state index contributed by atoms with van der Waals surface area (Å²) in [4.78, 5) is 56.8. The van der Waals surface area contributed by atoms with Crippen molar-refractivity contribution in [2.45, 2.75) is 74.9 Å². The van der Waals surface area contributed by atoms with E-state index in [0.717, 1.165) is 22.9 Å². The number of methoxy groups -OCH3 is 1. The molecule has 2 unspecified atom stereocenters. The first kappa shape index (κ1) is 42.7. The van der Waals surface area contributed by atoms with Crippen molar-refractivity contribution in [3.8, 4) is 34.8 Å². The quantitative estimate of drug-likeness (QED) is 0.126. The van der Waals surface area contributed by atoms with Gasteiger partial charge in [-0.3, -0.25) is 19.4 Å². The Bertz CT molecular complexity index is 2440. The van der Waals surface area contributed by atoms with E-state index in [1.807, 2.05) is 48.2 Å². The second kappa shape index (κ2) is 16.7. The zero-order valence-electron chi connectivity index (χ0n) is 33.9. The molecule has 1 N–H and O–H groups in total. The van der Waals surface area contributed by atoms with Crippen molar-refractivity contribution >= 4 is 41.7 Å². The molecule has 0 saturated carbocycles. The third kappa shape index (κ3) is 7.31. The van der Waals surface area contributed by atoms with E-state index < -0.39 is 83.9 Å². The molecule has 0 radical (unpaired) electrons. The highest BCUT2D eigenvalue weighted by Gasteiger charge is 2.61. The number of fused-ring (bicyclic) bond motifs is 9. The van der Waals surface area contributed by atoms with Gasteiger partial charge in [0, 0.05) is 59.6 Å². The molecule has 2 fully saturated rings. The van der Waals surface area contributed by atoms with Crippen LogP contribution in [0, 0.1) is 25.2 Å². The molecule has 3 aromatic carbocycles. The maximum atomic E-state index is 13.8. The molecule has 4 bridgehead atoms. The fourth-order valence-electron chi connectivity index (χ4n) is 9.50. The summed E-state index contributed by atoms with van der Waals surface area (Å²) in [5.41, 5.74) is 3.94. The van der Waals surface area contributed by atoms with Crippen LogP contribution in [0.4, 0.5) is 13.2 Å². The molecular formula is C44H41F3N4O10S. The second-order valence-corrected chi connectivity index (χ2v) is 16.5. The average molecular weight is 875 g/mol. The van der Waals surface area contributed by atoms with Gasteiger partial charge in [0.25, 0.3) is 0 Å². The number of esters is 3. The molecule has 324 valence electrons. The van der Waals surface area contributed by atoms with Gasteiger partial charge in [0.1, 0.15) is 24.4 Å². The number of aryl methyl sites for hydroxylation is 1. The Balaban J connectivity index is 1.39. The van der Waals surface area contributed by atoms with Crippen LogP contribution in [0.1, 0.15) is 63.2 Å². The summed E-state index contributed by atoms with van der Waals surface area (Å²) >= 11 is 1.01. The molecule has 2 saturated heterocycles. The number of alkyl halides is 3. The SMILES string of the molecule is C=CCN1[C@@H]2c3c(cc(C)c(OC)c3OC(=O)C=Cc3ccccc3)C[C@H]1[C@H](C#N)N1C2[C@@H]2SCC(NC(=O)C(F)(F)F)C(=O)OC[C@H]1c1c3c(c(C)c(OC(C)=O)c12)OCO3. The number of amides is 1. The standard InChI is InChI=1S/C44H41F3N4O10S/c1-6-14-50-27-16-25-15-21(2)36(56-5)40(61-30(53)13-12-24-10-8-7-9-11-24)31(25)34(50)35-41-33-32(39-38(58-20-59-39)22(3)37(33)60-23(4)52)29(51(35)28(27)17-48)18-57-42(54)26(19-62-41)49-43(55)44(45,46)47/h6-13,15,26-29,34-35,41H,1,14,16,18-20H2,2-5H3,(H,49,55)/t26?,27-,28-,29-,34+,35?,41+/m0/s1. The van der Waals surface area contributed by atoms with Gasteiger partial charge >= 0.3 is 30.0 Å². The predicted octanol–water partition coefficient (Wildman–Crippen LogP) is 5.75. The van der Waals surface area contributed by atoms with E-state index in [1.165, 1.54) is 20.1 Å². The molecule has 5 aliphatic heterocycles. The van der Waals surface area contributed by atoms with Crippen LogP contribution in [-0.4, -0.2) is 96.8 Å². The number of hydrogen-bond acceptors (Lipinski definition) is 14. The van der Waals surface area contributed by atoms with Crippen LogP contribution in [0.15, 0.2) is 55.1 Å². The number of nitriles is 1. The molecule has 5 aliphatic rings. The van der Waals surface area contributed by atoms with Gasteiger partial charge in [-0.15, -0.1) is 18.3 Å². The topological polar surface area (TPSA) is 166 Å². The Morgan fingerprint density at radius 2 is 1.79 bits per heavy atom. The molecule has 5 heterocycles. The van der Waals surface area contributed by atoms with Crippen molar-refractivity contribution in [2.24, 2.45) is 0 Å². The molecule has 62 heavy (non-hydrogen) atoms. The number of thioether (sulfide) groups is 1. The summed E-state index contributed by atoms with van der Waals surface area (Å²) in [6.07, 6.45) is -0.414.